The van der Waals surface area contributed by atoms with Gasteiger partial charge < -0.3 is 0 Å². The SMILES string of the molecule is CCCCSCC(CS)CCC. The van der Waals surface area contributed by atoms with Crippen LogP contribution in [0.3, 0.4) is 0 Å². The van der Waals surface area contributed by atoms with Gasteiger partial charge in [0, 0.05) is 0 Å². The molecule has 0 rings (SSSR count). The predicted octanol–water partition coefficient (Wildman–Crippen LogP) is 3.87. The van der Waals surface area contributed by atoms with Crippen LogP contribution in [0.2, 0.25) is 0 Å². The van der Waals surface area contributed by atoms with Gasteiger partial charge in [-0.05, 0) is 36.0 Å². The second kappa shape index (κ2) is 9.79. The number of hydrogen-bond donors (Lipinski definition) is 1. The molecule has 0 N–H and O–H groups in total. The fourth-order valence-corrected chi connectivity index (χ4v) is 2.90. The molecule has 0 aromatic rings. The van der Waals surface area contributed by atoms with Gasteiger partial charge in [0.25, 0.3) is 0 Å². The van der Waals surface area contributed by atoms with Crippen molar-refractivity contribution < 1.29 is 0 Å². The molecular formula is C10H22S2. The minimum absolute atomic E-state index is 0.847. The molecule has 0 spiro atoms. The van der Waals surface area contributed by atoms with Gasteiger partial charge in [-0.15, -0.1) is 0 Å². The van der Waals surface area contributed by atoms with Crippen molar-refractivity contribution in [2.24, 2.45) is 5.92 Å². The zero-order valence-corrected chi connectivity index (χ0v) is 10.1. The summed E-state index contributed by atoms with van der Waals surface area (Å²) in [6.07, 6.45) is 5.35. The molecule has 0 heterocycles. The van der Waals surface area contributed by atoms with Crippen molar-refractivity contribution in [3.8, 4) is 0 Å². The largest absolute Gasteiger partial charge is 0.179 e. The topological polar surface area (TPSA) is 0 Å². The van der Waals surface area contributed by atoms with Crippen molar-refractivity contribution in [3.05, 3.63) is 0 Å². The zero-order valence-electron chi connectivity index (χ0n) is 8.38. The fourth-order valence-electron chi connectivity index (χ4n) is 1.13. The van der Waals surface area contributed by atoms with Gasteiger partial charge in [-0.3, -0.25) is 0 Å². The van der Waals surface area contributed by atoms with Crippen molar-refractivity contribution in [1.82, 2.24) is 0 Å². The Hall–Kier alpha value is 0.700. The summed E-state index contributed by atoms with van der Waals surface area (Å²) in [5.41, 5.74) is 0. The number of thioether (sulfide) groups is 1. The van der Waals surface area contributed by atoms with Crippen molar-refractivity contribution in [3.63, 3.8) is 0 Å². The quantitative estimate of drug-likeness (QED) is 0.465. The van der Waals surface area contributed by atoms with E-state index in [1.165, 1.54) is 37.2 Å². The molecule has 0 bridgehead atoms. The van der Waals surface area contributed by atoms with E-state index >= 15 is 0 Å². The third kappa shape index (κ3) is 7.35. The van der Waals surface area contributed by atoms with Crippen LogP contribution in [0.25, 0.3) is 0 Å². The van der Waals surface area contributed by atoms with E-state index in [0.717, 1.165) is 11.7 Å². The summed E-state index contributed by atoms with van der Waals surface area (Å²) >= 11 is 6.46. The maximum absolute atomic E-state index is 4.36. The summed E-state index contributed by atoms with van der Waals surface area (Å²) in [6.45, 7) is 4.51. The molecular weight excluding hydrogens is 184 g/mol. The number of rotatable bonds is 8. The Kier molecular flexibility index (Phi) is 10.4. The Bertz CT molecular complexity index is 83.9. The molecule has 0 saturated heterocycles. The van der Waals surface area contributed by atoms with Crippen molar-refractivity contribution in [2.45, 2.75) is 39.5 Å². The summed E-state index contributed by atoms with van der Waals surface area (Å²) in [5.74, 6) is 4.56. The second-order valence-electron chi connectivity index (χ2n) is 3.27. The lowest BCUT2D eigenvalue weighted by Crippen LogP contribution is -2.05. The van der Waals surface area contributed by atoms with E-state index in [-0.39, 0.29) is 0 Å². The Labute approximate surface area is 87.3 Å². The molecule has 0 aliphatic rings. The van der Waals surface area contributed by atoms with Crippen LogP contribution in [0, 0.1) is 5.92 Å². The molecule has 0 radical (unpaired) electrons. The average molecular weight is 206 g/mol. The Balaban J connectivity index is 3.19. The average Bonchev–Trinajstić information content (AvgIpc) is 2.10. The molecule has 0 nitrogen and oxygen atoms in total. The van der Waals surface area contributed by atoms with Crippen LogP contribution < -0.4 is 0 Å². The van der Waals surface area contributed by atoms with Gasteiger partial charge in [-0.1, -0.05) is 26.7 Å². The molecule has 0 aliphatic carbocycles. The molecule has 0 amide bonds. The van der Waals surface area contributed by atoms with Crippen molar-refractivity contribution in [2.75, 3.05) is 17.3 Å². The Morgan fingerprint density at radius 2 is 2.00 bits per heavy atom. The first-order chi connectivity index (χ1) is 5.85. The molecule has 74 valence electrons. The second-order valence-corrected chi connectivity index (χ2v) is 4.78. The first-order valence-corrected chi connectivity index (χ1v) is 6.82. The smallest absolute Gasteiger partial charge is 0.00313 e. The highest BCUT2D eigenvalue weighted by molar-refractivity contribution is 7.99. The van der Waals surface area contributed by atoms with Gasteiger partial charge in [-0.2, -0.15) is 24.4 Å². The standard InChI is InChI=1S/C10H22S2/c1-3-5-7-12-9-10(8-11)6-4-2/h10-11H,3-9H2,1-2H3. The number of thiol groups is 1. The van der Waals surface area contributed by atoms with E-state index in [0.29, 0.717) is 0 Å². The third-order valence-corrected chi connectivity index (χ3v) is 3.75. The highest BCUT2D eigenvalue weighted by atomic mass is 32.2. The maximum atomic E-state index is 4.36. The molecule has 1 atom stereocenters. The molecule has 0 aromatic heterocycles. The van der Waals surface area contributed by atoms with Crippen molar-refractivity contribution >= 4 is 24.4 Å². The molecule has 0 aromatic carbocycles. The first-order valence-electron chi connectivity index (χ1n) is 5.03. The van der Waals surface area contributed by atoms with E-state index in [2.05, 4.69) is 38.2 Å². The van der Waals surface area contributed by atoms with Gasteiger partial charge >= 0.3 is 0 Å². The highest BCUT2D eigenvalue weighted by Crippen LogP contribution is 2.16. The maximum Gasteiger partial charge on any atom is -0.00313 e. The zero-order chi connectivity index (χ0) is 9.23. The fraction of sp³-hybridized carbons (Fsp3) is 1.00. The van der Waals surface area contributed by atoms with Crippen LogP contribution >= 0.6 is 24.4 Å². The lowest BCUT2D eigenvalue weighted by Gasteiger charge is -2.11. The van der Waals surface area contributed by atoms with Crippen LogP contribution in [0.1, 0.15) is 39.5 Å². The molecule has 0 aliphatic heterocycles. The summed E-state index contributed by atoms with van der Waals surface area (Å²) in [7, 11) is 0. The van der Waals surface area contributed by atoms with E-state index in [1.807, 2.05) is 0 Å². The van der Waals surface area contributed by atoms with Crippen LogP contribution in [0.15, 0.2) is 0 Å². The summed E-state index contributed by atoms with van der Waals surface area (Å²) in [5, 5.41) is 0. The molecule has 1 unspecified atom stereocenters. The molecule has 12 heavy (non-hydrogen) atoms. The minimum atomic E-state index is 0.847. The van der Waals surface area contributed by atoms with E-state index in [1.54, 1.807) is 0 Å². The summed E-state index contributed by atoms with van der Waals surface area (Å²) < 4.78 is 0. The van der Waals surface area contributed by atoms with Gasteiger partial charge in [0.2, 0.25) is 0 Å². The Morgan fingerprint density at radius 1 is 1.25 bits per heavy atom. The van der Waals surface area contributed by atoms with Gasteiger partial charge in [0.15, 0.2) is 0 Å². The summed E-state index contributed by atoms with van der Waals surface area (Å²) in [6, 6.07) is 0. The van der Waals surface area contributed by atoms with E-state index in [4.69, 9.17) is 0 Å². The number of hydrogen-bond acceptors (Lipinski definition) is 2. The highest BCUT2D eigenvalue weighted by Gasteiger charge is 2.04. The van der Waals surface area contributed by atoms with Crippen molar-refractivity contribution in [1.29, 1.82) is 0 Å². The lowest BCUT2D eigenvalue weighted by molar-refractivity contribution is 0.595. The van der Waals surface area contributed by atoms with E-state index < -0.39 is 0 Å². The van der Waals surface area contributed by atoms with Gasteiger partial charge in [0.05, 0.1) is 0 Å². The molecule has 2 heteroatoms. The normalized spacial score (nSPS) is 13.2. The van der Waals surface area contributed by atoms with Crippen LogP contribution in [-0.4, -0.2) is 17.3 Å². The number of unbranched alkanes of at least 4 members (excludes halogenated alkanes) is 1. The van der Waals surface area contributed by atoms with Gasteiger partial charge in [-0.25, -0.2) is 0 Å². The minimum Gasteiger partial charge on any atom is -0.179 e. The van der Waals surface area contributed by atoms with E-state index in [9.17, 15) is 0 Å². The monoisotopic (exact) mass is 206 g/mol. The lowest BCUT2D eigenvalue weighted by atomic mass is 10.1. The van der Waals surface area contributed by atoms with Gasteiger partial charge in [0.1, 0.15) is 0 Å². The third-order valence-electron chi connectivity index (χ3n) is 1.95. The van der Waals surface area contributed by atoms with Crippen LogP contribution in [0.4, 0.5) is 0 Å². The van der Waals surface area contributed by atoms with Crippen LogP contribution in [0.5, 0.6) is 0 Å². The molecule has 0 fully saturated rings. The first kappa shape index (κ1) is 12.7. The predicted molar refractivity (Wildman–Crippen MR) is 64.5 cm³/mol. The van der Waals surface area contributed by atoms with Crippen LogP contribution in [-0.2, 0) is 0 Å². The summed E-state index contributed by atoms with van der Waals surface area (Å²) in [4.78, 5) is 0. The Morgan fingerprint density at radius 3 is 2.50 bits per heavy atom. The molecule has 0 saturated carbocycles.